The number of hydrogen-bond acceptors (Lipinski definition) is 7. The summed E-state index contributed by atoms with van der Waals surface area (Å²) in [6.07, 6.45) is 4.99. The van der Waals surface area contributed by atoms with Crippen molar-refractivity contribution < 1.29 is 9.53 Å². The molecule has 0 aromatic carbocycles. The molecule has 0 unspecified atom stereocenters. The van der Waals surface area contributed by atoms with Crippen LogP contribution in [0.4, 0.5) is 5.82 Å². The minimum Gasteiger partial charge on any atom is -0.466 e. The van der Waals surface area contributed by atoms with Crippen LogP contribution in [-0.2, 0) is 9.53 Å². The molecule has 0 atom stereocenters. The van der Waals surface area contributed by atoms with Crippen LogP contribution in [0.25, 0.3) is 0 Å². The van der Waals surface area contributed by atoms with Crippen LogP contribution in [0.5, 0.6) is 0 Å². The Kier molecular flexibility index (Phi) is 5.85. The molecule has 1 heterocycles. The third-order valence-electron chi connectivity index (χ3n) is 1.67. The van der Waals surface area contributed by atoms with E-state index in [1.54, 1.807) is 12.1 Å². The van der Waals surface area contributed by atoms with Crippen LogP contribution in [0.1, 0.15) is 0 Å². The molecule has 5 nitrogen and oxygen atoms in total. The fourth-order valence-electron chi connectivity index (χ4n) is 0.925. The number of ether oxygens (including phenoxy) is 1. The number of nitrogen functional groups attached to an aromatic ring is 1. The molecule has 92 valence electrons. The first-order chi connectivity index (χ1) is 8.15. The van der Waals surface area contributed by atoms with E-state index in [4.69, 9.17) is 5.73 Å². The molecule has 7 heteroatoms. The van der Waals surface area contributed by atoms with Crippen LogP contribution < -0.4 is 5.73 Å². The summed E-state index contributed by atoms with van der Waals surface area (Å²) in [5.74, 6) is 0.666. The van der Waals surface area contributed by atoms with Crippen LogP contribution in [0.3, 0.4) is 0 Å². The summed E-state index contributed by atoms with van der Waals surface area (Å²) in [6.45, 7) is 0. The highest BCUT2D eigenvalue weighted by atomic mass is 32.2. The average Bonchev–Trinajstić information content (AvgIpc) is 2.33. The number of carbonyl (C=O) groups excluding carboxylic acids is 1. The van der Waals surface area contributed by atoms with Crippen molar-refractivity contribution in [2.45, 2.75) is 10.2 Å². The van der Waals surface area contributed by atoms with Gasteiger partial charge in [0.2, 0.25) is 0 Å². The molecule has 1 aromatic rings. The molecule has 0 spiro atoms. The predicted molar refractivity (Wildman–Crippen MR) is 70.1 cm³/mol. The van der Waals surface area contributed by atoms with E-state index in [1.165, 1.54) is 36.7 Å². The zero-order valence-electron chi connectivity index (χ0n) is 9.54. The SMILES string of the molecule is COC(=O)C=CCSc1nc(N)cc(SC)n1. The van der Waals surface area contributed by atoms with E-state index in [0.717, 1.165) is 5.03 Å². The molecular weight excluding hydrogens is 258 g/mol. The highest BCUT2D eigenvalue weighted by Crippen LogP contribution is 2.20. The predicted octanol–water partition coefficient (Wildman–Crippen LogP) is 1.60. The summed E-state index contributed by atoms with van der Waals surface area (Å²) in [5, 5.41) is 1.43. The van der Waals surface area contributed by atoms with Crippen molar-refractivity contribution in [1.82, 2.24) is 9.97 Å². The van der Waals surface area contributed by atoms with Crippen LogP contribution in [0.15, 0.2) is 28.4 Å². The Balaban J connectivity index is 2.54. The quantitative estimate of drug-likeness (QED) is 0.286. The van der Waals surface area contributed by atoms with Crippen molar-refractivity contribution in [3.05, 3.63) is 18.2 Å². The van der Waals surface area contributed by atoms with Crippen molar-refractivity contribution in [2.75, 3.05) is 24.9 Å². The van der Waals surface area contributed by atoms with Gasteiger partial charge < -0.3 is 10.5 Å². The fourth-order valence-corrected chi connectivity index (χ4v) is 2.07. The molecule has 1 rings (SSSR count). The summed E-state index contributed by atoms with van der Waals surface area (Å²) < 4.78 is 4.47. The van der Waals surface area contributed by atoms with E-state index in [2.05, 4.69) is 14.7 Å². The average molecular weight is 271 g/mol. The van der Waals surface area contributed by atoms with Gasteiger partial charge in [0.1, 0.15) is 10.8 Å². The number of nitrogens with zero attached hydrogens (tertiary/aromatic N) is 2. The number of esters is 1. The second-order valence-electron chi connectivity index (χ2n) is 2.85. The maximum atomic E-state index is 10.8. The molecule has 17 heavy (non-hydrogen) atoms. The van der Waals surface area contributed by atoms with Crippen molar-refractivity contribution in [2.24, 2.45) is 0 Å². The topological polar surface area (TPSA) is 78.1 Å². The number of nitrogens with two attached hydrogens (primary N) is 1. The molecule has 1 aromatic heterocycles. The Morgan fingerprint density at radius 1 is 1.59 bits per heavy atom. The zero-order valence-corrected chi connectivity index (χ0v) is 11.2. The Bertz CT molecular complexity index is 424. The van der Waals surface area contributed by atoms with Gasteiger partial charge in [-0.1, -0.05) is 17.8 Å². The molecule has 0 bridgehead atoms. The smallest absolute Gasteiger partial charge is 0.330 e. The number of thioether (sulfide) groups is 2. The van der Waals surface area contributed by atoms with Crippen LogP contribution in [0.2, 0.25) is 0 Å². The highest BCUT2D eigenvalue weighted by molar-refractivity contribution is 7.99. The third-order valence-corrected chi connectivity index (χ3v) is 3.10. The molecule has 0 saturated carbocycles. The van der Waals surface area contributed by atoms with Gasteiger partial charge in [-0.25, -0.2) is 14.8 Å². The largest absolute Gasteiger partial charge is 0.466 e. The third kappa shape index (κ3) is 5.10. The van der Waals surface area contributed by atoms with Crippen LogP contribution in [0, 0.1) is 0 Å². The van der Waals surface area contributed by atoms with Crippen LogP contribution in [-0.4, -0.2) is 35.1 Å². The molecule has 0 amide bonds. The van der Waals surface area contributed by atoms with Gasteiger partial charge in [0.25, 0.3) is 0 Å². The summed E-state index contributed by atoms with van der Waals surface area (Å²) in [5.41, 5.74) is 5.64. The van der Waals surface area contributed by atoms with Gasteiger partial charge in [-0.3, -0.25) is 0 Å². The van der Waals surface area contributed by atoms with Gasteiger partial charge in [-0.05, 0) is 6.26 Å². The maximum Gasteiger partial charge on any atom is 0.330 e. The Hall–Kier alpha value is -1.21. The Morgan fingerprint density at radius 3 is 3.00 bits per heavy atom. The van der Waals surface area contributed by atoms with Crippen LogP contribution >= 0.6 is 23.5 Å². The first kappa shape index (κ1) is 13.9. The standard InChI is InChI=1S/C10H13N3O2S2/c1-15-9(14)4-3-5-17-10-12-7(11)6-8(13-10)16-2/h3-4,6H,5H2,1-2H3,(H2,11,12,13). The second kappa shape index (κ2) is 7.18. The van der Waals surface area contributed by atoms with Crippen molar-refractivity contribution in [1.29, 1.82) is 0 Å². The number of aromatic nitrogens is 2. The van der Waals surface area contributed by atoms with E-state index in [0.29, 0.717) is 16.7 Å². The van der Waals surface area contributed by atoms with Gasteiger partial charge in [0.05, 0.1) is 7.11 Å². The van der Waals surface area contributed by atoms with E-state index in [-0.39, 0.29) is 5.97 Å². The lowest BCUT2D eigenvalue weighted by Crippen LogP contribution is -1.96. The molecule has 0 fully saturated rings. The van der Waals surface area contributed by atoms with Gasteiger partial charge >= 0.3 is 5.97 Å². The van der Waals surface area contributed by atoms with E-state index in [9.17, 15) is 4.79 Å². The Morgan fingerprint density at radius 2 is 2.35 bits per heavy atom. The highest BCUT2D eigenvalue weighted by Gasteiger charge is 2.01. The summed E-state index contributed by atoms with van der Waals surface area (Å²) in [6, 6.07) is 1.72. The lowest BCUT2D eigenvalue weighted by Gasteiger charge is -2.01. The molecule has 0 radical (unpaired) electrons. The van der Waals surface area contributed by atoms with E-state index >= 15 is 0 Å². The number of methoxy groups -OCH3 is 1. The molecular formula is C10H13N3O2S2. The minimum absolute atomic E-state index is 0.371. The normalized spacial score (nSPS) is 10.7. The van der Waals surface area contributed by atoms with Gasteiger partial charge in [0.15, 0.2) is 5.16 Å². The van der Waals surface area contributed by atoms with E-state index in [1.807, 2.05) is 6.26 Å². The number of hydrogen-bond donors (Lipinski definition) is 1. The summed E-state index contributed by atoms with van der Waals surface area (Å²) in [7, 11) is 1.34. The second-order valence-corrected chi connectivity index (χ2v) is 4.67. The number of carbonyl (C=O) groups is 1. The lowest BCUT2D eigenvalue weighted by molar-refractivity contribution is -0.134. The first-order valence-corrected chi connectivity index (χ1v) is 6.92. The lowest BCUT2D eigenvalue weighted by atomic mass is 10.5. The first-order valence-electron chi connectivity index (χ1n) is 4.71. The van der Waals surface area contributed by atoms with Gasteiger partial charge in [-0.15, -0.1) is 11.8 Å². The van der Waals surface area contributed by atoms with Crippen molar-refractivity contribution >= 4 is 35.3 Å². The number of anilines is 1. The molecule has 0 aliphatic heterocycles. The fraction of sp³-hybridized carbons (Fsp3) is 0.300. The molecule has 0 saturated heterocycles. The summed E-state index contributed by atoms with van der Waals surface area (Å²) >= 11 is 2.91. The molecule has 0 aliphatic carbocycles. The number of rotatable bonds is 5. The maximum absolute atomic E-state index is 10.8. The van der Waals surface area contributed by atoms with Crippen molar-refractivity contribution in [3.8, 4) is 0 Å². The Labute approximate surface area is 108 Å². The minimum atomic E-state index is -0.371. The molecule has 0 aliphatic rings. The zero-order chi connectivity index (χ0) is 12.7. The molecule has 2 N–H and O–H groups in total. The van der Waals surface area contributed by atoms with E-state index < -0.39 is 0 Å². The summed E-state index contributed by atoms with van der Waals surface area (Å²) in [4.78, 5) is 19.2. The van der Waals surface area contributed by atoms with Gasteiger partial charge in [-0.2, -0.15) is 0 Å². The van der Waals surface area contributed by atoms with Crippen molar-refractivity contribution in [3.63, 3.8) is 0 Å². The van der Waals surface area contributed by atoms with Gasteiger partial charge in [0, 0.05) is 17.9 Å². The monoisotopic (exact) mass is 271 g/mol.